The monoisotopic (exact) mass is 398 g/mol. The van der Waals surface area contributed by atoms with Gasteiger partial charge >= 0.3 is 0 Å². The molecule has 0 saturated carbocycles. The molecule has 1 aliphatic rings. The molecule has 2 amide bonds. The average Bonchev–Trinajstić information content (AvgIpc) is 2.73. The van der Waals surface area contributed by atoms with Crippen LogP contribution in [0.1, 0.15) is 39.5 Å². The van der Waals surface area contributed by atoms with Crippen molar-refractivity contribution in [3.63, 3.8) is 0 Å². The Morgan fingerprint density at radius 1 is 0.967 bits per heavy atom. The molecule has 1 atom stereocenters. The molecule has 3 aromatic rings. The fraction of sp³-hybridized carbons (Fsp3) is 0.231. The first-order chi connectivity index (χ1) is 14.4. The quantitative estimate of drug-likeness (QED) is 0.699. The highest BCUT2D eigenvalue weighted by molar-refractivity contribution is 6.14. The molecule has 0 unspecified atom stereocenters. The van der Waals surface area contributed by atoms with Crippen LogP contribution in [0.5, 0.6) is 0 Å². The Labute approximate surface area is 177 Å². The van der Waals surface area contributed by atoms with E-state index in [9.17, 15) is 9.59 Å². The van der Waals surface area contributed by atoms with Crippen molar-refractivity contribution in [3.8, 4) is 0 Å². The van der Waals surface area contributed by atoms with Gasteiger partial charge in [-0.1, -0.05) is 60.2 Å². The summed E-state index contributed by atoms with van der Waals surface area (Å²) in [5, 5.41) is 3.06. The Morgan fingerprint density at radius 3 is 2.43 bits per heavy atom. The first kappa shape index (κ1) is 19.9. The highest BCUT2D eigenvalue weighted by Crippen LogP contribution is 2.35. The van der Waals surface area contributed by atoms with Gasteiger partial charge in [0.1, 0.15) is 5.54 Å². The number of rotatable bonds is 4. The van der Waals surface area contributed by atoms with Crippen molar-refractivity contribution in [3.05, 3.63) is 101 Å². The van der Waals surface area contributed by atoms with Gasteiger partial charge in [0.2, 0.25) is 5.91 Å². The third-order valence-electron chi connectivity index (χ3n) is 5.80. The number of hydrogen-bond acceptors (Lipinski definition) is 2. The first-order valence-corrected chi connectivity index (χ1v) is 10.2. The SMILES string of the molecule is Cc1ccc(CNC(=O)[C@@]2(C)Cc3ccccc3C(=O)N2c2cccc(C)c2)cc1. The molecule has 4 rings (SSSR count). The number of anilines is 1. The molecular formula is C26H26N2O2. The van der Waals surface area contributed by atoms with E-state index in [0.717, 1.165) is 22.4 Å². The molecule has 4 nitrogen and oxygen atoms in total. The molecule has 0 aromatic heterocycles. The number of carbonyl (C=O) groups is 2. The predicted octanol–water partition coefficient (Wildman–Crippen LogP) is 4.58. The third-order valence-corrected chi connectivity index (χ3v) is 5.80. The maximum absolute atomic E-state index is 13.5. The largest absolute Gasteiger partial charge is 0.350 e. The topological polar surface area (TPSA) is 49.4 Å². The molecule has 152 valence electrons. The number of fused-ring (bicyclic) bond motifs is 1. The van der Waals surface area contributed by atoms with Crippen molar-refractivity contribution in [2.24, 2.45) is 0 Å². The van der Waals surface area contributed by atoms with Gasteiger partial charge in [-0.25, -0.2) is 0 Å². The summed E-state index contributed by atoms with van der Waals surface area (Å²) >= 11 is 0. The highest BCUT2D eigenvalue weighted by atomic mass is 16.2. The van der Waals surface area contributed by atoms with Gasteiger partial charge < -0.3 is 5.32 Å². The van der Waals surface area contributed by atoms with E-state index in [4.69, 9.17) is 0 Å². The van der Waals surface area contributed by atoms with Crippen LogP contribution in [0.2, 0.25) is 0 Å². The number of nitrogens with zero attached hydrogens (tertiary/aromatic N) is 1. The number of carbonyl (C=O) groups excluding carboxylic acids is 2. The molecule has 0 bridgehead atoms. The molecule has 0 spiro atoms. The highest BCUT2D eigenvalue weighted by Gasteiger charge is 2.47. The lowest BCUT2D eigenvalue weighted by Gasteiger charge is -2.44. The van der Waals surface area contributed by atoms with Crippen LogP contribution >= 0.6 is 0 Å². The second kappa shape index (κ2) is 7.79. The standard InChI is InChI=1S/C26H26N2O2/c1-18-11-13-20(14-12-18)17-27-25(30)26(3)16-21-8-4-5-10-23(21)24(29)28(26)22-9-6-7-19(2)15-22/h4-15H,16-17H2,1-3H3,(H,27,30)/t26-/m1/s1. The minimum absolute atomic E-state index is 0.143. The molecule has 1 N–H and O–H groups in total. The van der Waals surface area contributed by atoms with Gasteiger partial charge in [-0.05, 0) is 55.7 Å². The summed E-state index contributed by atoms with van der Waals surface area (Å²) in [6.07, 6.45) is 0.461. The van der Waals surface area contributed by atoms with Crippen molar-refractivity contribution in [2.45, 2.75) is 39.3 Å². The molecule has 0 aliphatic carbocycles. The van der Waals surface area contributed by atoms with Crippen molar-refractivity contribution in [2.75, 3.05) is 4.90 Å². The van der Waals surface area contributed by atoms with Crippen LogP contribution in [-0.4, -0.2) is 17.4 Å². The van der Waals surface area contributed by atoms with Gasteiger partial charge in [-0.3, -0.25) is 14.5 Å². The van der Waals surface area contributed by atoms with E-state index in [2.05, 4.69) is 5.32 Å². The minimum atomic E-state index is -1.02. The summed E-state index contributed by atoms with van der Waals surface area (Å²) in [5.41, 5.74) is 4.52. The van der Waals surface area contributed by atoms with Gasteiger partial charge in [0.25, 0.3) is 5.91 Å². The van der Waals surface area contributed by atoms with E-state index in [1.165, 1.54) is 5.56 Å². The Kier molecular flexibility index (Phi) is 5.17. The maximum Gasteiger partial charge on any atom is 0.259 e. The number of hydrogen-bond donors (Lipinski definition) is 1. The molecular weight excluding hydrogens is 372 g/mol. The number of amides is 2. The molecule has 1 heterocycles. The summed E-state index contributed by atoms with van der Waals surface area (Å²) in [7, 11) is 0. The number of benzene rings is 3. The molecule has 0 radical (unpaired) electrons. The molecule has 4 heteroatoms. The van der Waals surface area contributed by atoms with E-state index in [1.807, 2.05) is 93.6 Å². The van der Waals surface area contributed by atoms with Crippen LogP contribution in [0.4, 0.5) is 5.69 Å². The molecule has 0 fully saturated rings. The van der Waals surface area contributed by atoms with Crippen LogP contribution in [0, 0.1) is 13.8 Å². The maximum atomic E-state index is 13.5. The second-order valence-corrected chi connectivity index (χ2v) is 8.26. The van der Waals surface area contributed by atoms with Crippen molar-refractivity contribution in [1.29, 1.82) is 0 Å². The Bertz CT molecular complexity index is 1100. The first-order valence-electron chi connectivity index (χ1n) is 10.2. The Hall–Kier alpha value is -3.40. The molecule has 3 aromatic carbocycles. The van der Waals surface area contributed by atoms with Gasteiger partial charge in [0.15, 0.2) is 0 Å². The predicted molar refractivity (Wildman–Crippen MR) is 120 cm³/mol. The minimum Gasteiger partial charge on any atom is -0.350 e. The lowest BCUT2D eigenvalue weighted by molar-refractivity contribution is -0.126. The Balaban J connectivity index is 1.70. The molecule has 0 saturated heterocycles. The smallest absolute Gasteiger partial charge is 0.259 e. The summed E-state index contributed by atoms with van der Waals surface area (Å²) in [5.74, 6) is -0.303. The average molecular weight is 399 g/mol. The van der Waals surface area contributed by atoms with Gasteiger partial charge in [-0.15, -0.1) is 0 Å². The van der Waals surface area contributed by atoms with E-state index in [0.29, 0.717) is 18.5 Å². The second-order valence-electron chi connectivity index (χ2n) is 8.26. The van der Waals surface area contributed by atoms with Crippen LogP contribution in [-0.2, 0) is 17.8 Å². The number of aryl methyl sites for hydroxylation is 2. The van der Waals surface area contributed by atoms with E-state index >= 15 is 0 Å². The third kappa shape index (κ3) is 3.61. The van der Waals surface area contributed by atoms with Crippen LogP contribution in [0.25, 0.3) is 0 Å². The Morgan fingerprint density at radius 2 is 1.70 bits per heavy atom. The van der Waals surface area contributed by atoms with Crippen molar-refractivity contribution < 1.29 is 9.59 Å². The van der Waals surface area contributed by atoms with Gasteiger partial charge in [0, 0.05) is 24.2 Å². The van der Waals surface area contributed by atoms with E-state index in [1.54, 1.807) is 4.90 Å². The van der Waals surface area contributed by atoms with E-state index in [-0.39, 0.29) is 11.8 Å². The van der Waals surface area contributed by atoms with Crippen molar-refractivity contribution >= 4 is 17.5 Å². The van der Waals surface area contributed by atoms with Crippen LogP contribution in [0.15, 0.2) is 72.8 Å². The summed E-state index contributed by atoms with van der Waals surface area (Å²) in [4.78, 5) is 28.6. The fourth-order valence-electron chi connectivity index (χ4n) is 4.11. The lowest BCUT2D eigenvalue weighted by atomic mass is 9.82. The zero-order chi connectivity index (χ0) is 21.3. The normalized spacial score (nSPS) is 18.1. The van der Waals surface area contributed by atoms with E-state index < -0.39 is 5.54 Å². The van der Waals surface area contributed by atoms with Gasteiger partial charge in [-0.2, -0.15) is 0 Å². The fourth-order valence-corrected chi connectivity index (χ4v) is 4.11. The summed E-state index contributed by atoms with van der Waals surface area (Å²) in [6.45, 7) is 6.30. The van der Waals surface area contributed by atoms with Crippen molar-refractivity contribution in [1.82, 2.24) is 5.32 Å². The summed E-state index contributed by atoms with van der Waals surface area (Å²) < 4.78 is 0. The van der Waals surface area contributed by atoms with Crippen LogP contribution < -0.4 is 10.2 Å². The van der Waals surface area contributed by atoms with Crippen LogP contribution in [0.3, 0.4) is 0 Å². The lowest BCUT2D eigenvalue weighted by Crippen LogP contribution is -2.63. The molecule has 30 heavy (non-hydrogen) atoms. The number of nitrogens with one attached hydrogen (secondary N) is 1. The zero-order valence-electron chi connectivity index (χ0n) is 17.6. The zero-order valence-corrected chi connectivity index (χ0v) is 17.6. The molecule has 1 aliphatic heterocycles. The van der Waals surface area contributed by atoms with Gasteiger partial charge in [0.05, 0.1) is 0 Å². The summed E-state index contributed by atoms with van der Waals surface area (Å²) in [6, 6.07) is 23.4.